The second kappa shape index (κ2) is 10.1. The number of aryl methyl sites for hydroxylation is 1. The maximum absolute atomic E-state index is 14.1. The number of benzene rings is 3. The Bertz CT molecular complexity index is 1840. The zero-order valence-corrected chi connectivity index (χ0v) is 23.9. The van der Waals surface area contributed by atoms with Crippen molar-refractivity contribution in [2.75, 3.05) is 13.1 Å². The molecule has 0 unspecified atom stereocenters. The van der Waals surface area contributed by atoms with Crippen LogP contribution in [-0.4, -0.2) is 33.4 Å². The molecule has 0 N–H and O–H groups in total. The molecule has 6 nitrogen and oxygen atoms in total. The molecule has 9 heteroatoms. The number of rotatable bonds is 4. The first kappa shape index (κ1) is 27.5. The zero-order chi connectivity index (χ0) is 29.9. The molecule has 7 rings (SSSR count). The number of alkyl halides is 3. The van der Waals surface area contributed by atoms with Gasteiger partial charge < -0.3 is 18.6 Å². The Balaban J connectivity index is 1.16. The van der Waals surface area contributed by atoms with Crippen LogP contribution in [0.3, 0.4) is 0 Å². The highest BCUT2D eigenvalue weighted by Crippen LogP contribution is 2.44. The summed E-state index contributed by atoms with van der Waals surface area (Å²) < 4.78 is 53.3. The second-order valence-corrected chi connectivity index (χ2v) is 11.4. The summed E-state index contributed by atoms with van der Waals surface area (Å²) in [5, 5.41) is 0.872. The Kier molecular flexibility index (Phi) is 6.46. The summed E-state index contributed by atoms with van der Waals surface area (Å²) in [4.78, 5) is 20.6. The first-order chi connectivity index (χ1) is 20.6. The van der Waals surface area contributed by atoms with Crippen molar-refractivity contribution in [1.29, 1.82) is 0 Å². The molecule has 0 aliphatic carbocycles. The number of aromatic nitrogens is 2. The standard InChI is InChI=1S/C34H30F3N3O3/c1-21-30(32(41)39-17-15-33(16-18-39)27-9-5-3-7-24(27)20-42-33)26-8-4-6-10-29(26)40(21)19-28-22(2)43-31(38-28)23-11-13-25(14-12-23)34(35,36)37/h3-14H,15-20H2,1-2H3. The monoisotopic (exact) mass is 585 g/mol. The van der Waals surface area contributed by atoms with Gasteiger partial charge in [0.05, 0.1) is 29.9 Å². The van der Waals surface area contributed by atoms with Crippen molar-refractivity contribution in [3.05, 3.63) is 112 Å². The van der Waals surface area contributed by atoms with Crippen molar-refractivity contribution in [1.82, 2.24) is 14.5 Å². The number of piperidine rings is 1. The topological polar surface area (TPSA) is 60.5 Å². The van der Waals surface area contributed by atoms with E-state index in [-0.39, 0.29) is 17.4 Å². The van der Waals surface area contributed by atoms with Crippen molar-refractivity contribution in [3.63, 3.8) is 0 Å². The fourth-order valence-corrected chi connectivity index (χ4v) is 6.58. The molecule has 2 aliphatic heterocycles. The van der Waals surface area contributed by atoms with E-state index in [0.29, 0.717) is 48.8 Å². The summed E-state index contributed by atoms with van der Waals surface area (Å²) in [6.07, 6.45) is -2.92. The molecule has 2 aromatic heterocycles. The normalized spacial score (nSPS) is 16.3. The molecule has 1 amide bonds. The fraction of sp³-hybridized carbons (Fsp3) is 0.294. The maximum atomic E-state index is 14.1. The first-order valence-corrected chi connectivity index (χ1v) is 14.4. The number of hydrogen-bond donors (Lipinski definition) is 0. The van der Waals surface area contributed by atoms with Gasteiger partial charge in [0.1, 0.15) is 11.5 Å². The van der Waals surface area contributed by atoms with Gasteiger partial charge in [-0.25, -0.2) is 4.98 Å². The minimum absolute atomic E-state index is 0.00380. The van der Waals surface area contributed by atoms with Crippen LogP contribution in [0.5, 0.6) is 0 Å². The van der Waals surface area contributed by atoms with Crippen molar-refractivity contribution >= 4 is 16.8 Å². The third-order valence-corrected chi connectivity index (χ3v) is 8.97. The molecule has 43 heavy (non-hydrogen) atoms. The van der Waals surface area contributed by atoms with Crippen LogP contribution in [0.15, 0.2) is 77.2 Å². The van der Waals surface area contributed by atoms with Crippen LogP contribution in [-0.2, 0) is 29.7 Å². The van der Waals surface area contributed by atoms with Gasteiger partial charge in [0, 0.05) is 35.2 Å². The Morgan fingerprint density at radius 3 is 2.40 bits per heavy atom. The van der Waals surface area contributed by atoms with Crippen molar-refractivity contribution in [2.45, 2.75) is 51.6 Å². The molecule has 0 radical (unpaired) electrons. The molecule has 0 atom stereocenters. The third kappa shape index (κ3) is 4.63. The average molecular weight is 586 g/mol. The van der Waals surface area contributed by atoms with E-state index < -0.39 is 11.7 Å². The number of fused-ring (bicyclic) bond motifs is 3. The van der Waals surface area contributed by atoms with Crippen molar-refractivity contribution in [3.8, 4) is 11.5 Å². The van der Waals surface area contributed by atoms with Gasteiger partial charge in [-0.05, 0) is 68.1 Å². The number of oxazole rings is 1. The highest BCUT2D eigenvalue weighted by atomic mass is 19.4. The summed E-state index contributed by atoms with van der Waals surface area (Å²) in [5.41, 5.74) is 4.93. The zero-order valence-electron chi connectivity index (χ0n) is 23.9. The molecule has 0 saturated carbocycles. The second-order valence-electron chi connectivity index (χ2n) is 11.4. The minimum atomic E-state index is -4.41. The summed E-state index contributed by atoms with van der Waals surface area (Å²) in [7, 11) is 0. The van der Waals surface area contributed by atoms with Crippen LogP contribution >= 0.6 is 0 Å². The van der Waals surface area contributed by atoms with E-state index in [1.807, 2.05) is 48.2 Å². The Labute approximate surface area is 246 Å². The number of nitrogens with zero attached hydrogens (tertiary/aromatic N) is 3. The number of halogens is 3. The van der Waals surface area contributed by atoms with Crippen LogP contribution in [0.1, 0.15) is 57.0 Å². The smallest absolute Gasteiger partial charge is 0.416 e. The van der Waals surface area contributed by atoms with Crippen molar-refractivity contribution < 1.29 is 27.1 Å². The summed E-state index contributed by atoms with van der Waals surface area (Å²) in [6.45, 7) is 5.90. The molecule has 220 valence electrons. The lowest BCUT2D eigenvalue weighted by atomic mass is 9.83. The number of para-hydroxylation sites is 1. The molecule has 4 heterocycles. The van der Waals surface area contributed by atoms with Crippen LogP contribution < -0.4 is 0 Å². The van der Waals surface area contributed by atoms with E-state index in [2.05, 4.69) is 21.7 Å². The molecule has 2 aliphatic rings. The van der Waals surface area contributed by atoms with E-state index >= 15 is 0 Å². The van der Waals surface area contributed by atoms with Crippen molar-refractivity contribution in [2.24, 2.45) is 0 Å². The Hall–Kier alpha value is -4.37. The van der Waals surface area contributed by atoms with Gasteiger partial charge in [-0.15, -0.1) is 0 Å². The lowest BCUT2D eigenvalue weighted by Crippen LogP contribution is -2.45. The van der Waals surface area contributed by atoms with Gasteiger partial charge in [-0.3, -0.25) is 4.79 Å². The SMILES string of the molecule is Cc1oc(-c2ccc(C(F)(F)F)cc2)nc1Cn1c(C)c(C(=O)N2CCC3(CC2)OCc2ccccc23)c2ccccc21. The van der Waals surface area contributed by atoms with E-state index in [4.69, 9.17) is 9.15 Å². The van der Waals surface area contributed by atoms with Gasteiger partial charge in [0.15, 0.2) is 0 Å². The quantitative estimate of drug-likeness (QED) is 0.218. The predicted molar refractivity (Wildman–Crippen MR) is 156 cm³/mol. The highest BCUT2D eigenvalue weighted by molar-refractivity contribution is 6.08. The molecule has 1 fully saturated rings. The molecule has 1 spiro atoms. The van der Waals surface area contributed by atoms with E-state index in [1.165, 1.54) is 23.3 Å². The van der Waals surface area contributed by atoms with Gasteiger partial charge >= 0.3 is 6.18 Å². The van der Waals surface area contributed by atoms with Gasteiger partial charge in [-0.2, -0.15) is 13.2 Å². The summed E-state index contributed by atoms with van der Waals surface area (Å²) >= 11 is 0. The molecule has 5 aromatic rings. The number of carbonyl (C=O) groups is 1. The van der Waals surface area contributed by atoms with Crippen LogP contribution in [0.4, 0.5) is 13.2 Å². The fourth-order valence-electron chi connectivity index (χ4n) is 6.58. The summed E-state index contributed by atoms with van der Waals surface area (Å²) in [6, 6.07) is 20.9. The highest BCUT2D eigenvalue weighted by Gasteiger charge is 2.43. The van der Waals surface area contributed by atoms with E-state index in [9.17, 15) is 18.0 Å². The van der Waals surface area contributed by atoms with Gasteiger partial charge in [-0.1, -0.05) is 42.5 Å². The predicted octanol–water partition coefficient (Wildman–Crippen LogP) is 7.64. The lowest BCUT2D eigenvalue weighted by molar-refractivity contribution is -0.137. The van der Waals surface area contributed by atoms with Gasteiger partial charge in [0.2, 0.25) is 5.89 Å². The van der Waals surface area contributed by atoms with Crippen LogP contribution in [0.2, 0.25) is 0 Å². The number of amides is 1. The lowest BCUT2D eigenvalue weighted by Gasteiger charge is -2.39. The largest absolute Gasteiger partial charge is 0.441 e. The molecular formula is C34H30F3N3O3. The molecule has 0 bridgehead atoms. The average Bonchev–Trinajstić information content (AvgIpc) is 3.65. The van der Waals surface area contributed by atoms with Crippen LogP contribution in [0, 0.1) is 13.8 Å². The molecule has 1 saturated heterocycles. The van der Waals surface area contributed by atoms with Gasteiger partial charge in [0.25, 0.3) is 5.91 Å². The molecule has 3 aromatic carbocycles. The Morgan fingerprint density at radius 1 is 0.953 bits per heavy atom. The molecular weight excluding hydrogens is 555 g/mol. The number of carbonyl (C=O) groups excluding carboxylic acids is 1. The van der Waals surface area contributed by atoms with E-state index in [0.717, 1.165) is 41.6 Å². The Morgan fingerprint density at radius 2 is 1.65 bits per heavy atom. The maximum Gasteiger partial charge on any atom is 0.416 e. The van der Waals surface area contributed by atoms with Crippen LogP contribution in [0.25, 0.3) is 22.4 Å². The number of hydrogen-bond acceptors (Lipinski definition) is 4. The number of likely N-dealkylation sites (tertiary alicyclic amines) is 1. The summed E-state index contributed by atoms with van der Waals surface area (Å²) in [5.74, 6) is 0.818. The minimum Gasteiger partial charge on any atom is -0.441 e. The van der Waals surface area contributed by atoms with E-state index in [1.54, 1.807) is 6.92 Å². The number of ether oxygens (including phenoxy) is 1. The first-order valence-electron chi connectivity index (χ1n) is 14.4. The third-order valence-electron chi connectivity index (χ3n) is 8.97.